The molecule has 0 heterocycles. The first kappa shape index (κ1) is 19.2. The number of nitrogens with one attached hydrogen (secondary N) is 1. The van der Waals surface area contributed by atoms with Gasteiger partial charge in [-0.15, -0.1) is 0 Å². The number of nitrogens with zero attached hydrogens (tertiary/aromatic N) is 1. The molecule has 0 aliphatic heterocycles. The first-order valence-corrected chi connectivity index (χ1v) is 9.94. The quantitative estimate of drug-likeness (QED) is 0.821. The Balaban J connectivity index is 1.70. The van der Waals surface area contributed by atoms with Gasteiger partial charge >= 0.3 is 0 Å². The van der Waals surface area contributed by atoms with E-state index >= 15 is 0 Å². The van der Waals surface area contributed by atoms with Crippen LogP contribution in [0.5, 0.6) is 0 Å². The Bertz CT molecular complexity index is 667. The highest BCUT2D eigenvalue weighted by Gasteiger charge is 2.27. The van der Waals surface area contributed by atoms with Crippen molar-refractivity contribution < 1.29 is 9.59 Å². The second kappa shape index (κ2) is 8.40. The number of nitrogens with two attached hydrogens (primary N) is 1. The summed E-state index contributed by atoms with van der Waals surface area (Å²) < 4.78 is 0. The van der Waals surface area contributed by atoms with Crippen molar-refractivity contribution in [2.24, 2.45) is 11.7 Å². The number of benzene rings is 1. The topological polar surface area (TPSA) is 75.4 Å². The van der Waals surface area contributed by atoms with Crippen molar-refractivity contribution >= 4 is 29.1 Å². The van der Waals surface area contributed by atoms with Gasteiger partial charge in [0.25, 0.3) is 0 Å². The summed E-state index contributed by atoms with van der Waals surface area (Å²) in [5, 5.41) is 3.60. The maximum absolute atomic E-state index is 12.2. The van der Waals surface area contributed by atoms with Gasteiger partial charge in [0.1, 0.15) is 0 Å². The SMILES string of the molecule is CC(=O)N(Cc1cc(NC(=O)C2CCC2)ccc1Cl)C1CCC(N)CC1. The summed E-state index contributed by atoms with van der Waals surface area (Å²) >= 11 is 6.37. The van der Waals surface area contributed by atoms with Gasteiger partial charge in [-0.3, -0.25) is 9.59 Å². The van der Waals surface area contributed by atoms with E-state index in [2.05, 4.69) is 5.32 Å². The van der Waals surface area contributed by atoms with Crippen LogP contribution in [-0.2, 0) is 16.1 Å². The molecule has 2 fully saturated rings. The van der Waals surface area contributed by atoms with Gasteiger partial charge in [-0.25, -0.2) is 0 Å². The van der Waals surface area contributed by atoms with Crippen molar-refractivity contribution in [1.29, 1.82) is 0 Å². The number of hydrogen-bond donors (Lipinski definition) is 2. The van der Waals surface area contributed by atoms with Crippen molar-refractivity contribution in [3.05, 3.63) is 28.8 Å². The standard InChI is InChI=1S/C20H28ClN3O2/c1-13(25)24(18-8-5-16(22)6-9-18)12-15-11-17(7-10-19(15)21)23-20(26)14-3-2-4-14/h7,10-11,14,16,18H,2-6,8-9,12,22H2,1H3,(H,23,26). The van der Waals surface area contributed by atoms with Gasteiger partial charge in [0.15, 0.2) is 0 Å². The molecule has 26 heavy (non-hydrogen) atoms. The average Bonchev–Trinajstić information content (AvgIpc) is 2.54. The minimum atomic E-state index is 0.0467. The molecular formula is C20H28ClN3O2. The maximum atomic E-state index is 12.2. The van der Waals surface area contributed by atoms with E-state index < -0.39 is 0 Å². The molecule has 2 amide bonds. The van der Waals surface area contributed by atoms with Crippen molar-refractivity contribution in [1.82, 2.24) is 4.90 Å². The van der Waals surface area contributed by atoms with E-state index in [0.29, 0.717) is 11.6 Å². The summed E-state index contributed by atoms with van der Waals surface area (Å²) in [6.45, 7) is 2.06. The van der Waals surface area contributed by atoms with E-state index in [0.717, 1.165) is 56.2 Å². The molecule has 0 atom stereocenters. The Hall–Kier alpha value is -1.59. The van der Waals surface area contributed by atoms with E-state index in [1.165, 1.54) is 0 Å². The molecule has 1 aromatic carbocycles. The summed E-state index contributed by atoms with van der Waals surface area (Å²) in [6.07, 6.45) is 6.80. The Kier molecular flexibility index (Phi) is 6.20. The Morgan fingerprint density at radius 3 is 2.46 bits per heavy atom. The molecule has 6 heteroatoms. The minimum absolute atomic E-state index is 0.0467. The van der Waals surface area contributed by atoms with Crippen LogP contribution in [0.3, 0.4) is 0 Å². The van der Waals surface area contributed by atoms with Crippen molar-refractivity contribution in [3.63, 3.8) is 0 Å². The fraction of sp³-hybridized carbons (Fsp3) is 0.600. The number of anilines is 1. The van der Waals surface area contributed by atoms with Gasteiger partial charge in [0.2, 0.25) is 11.8 Å². The highest BCUT2D eigenvalue weighted by Crippen LogP contribution is 2.30. The summed E-state index contributed by atoms with van der Waals surface area (Å²) in [5.74, 6) is 0.258. The first-order valence-electron chi connectivity index (χ1n) is 9.56. The molecule has 0 aromatic heterocycles. The number of rotatable bonds is 5. The second-order valence-electron chi connectivity index (χ2n) is 7.64. The molecule has 5 nitrogen and oxygen atoms in total. The molecule has 142 valence electrons. The number of carbonyl (C=O) groups excluding carboxylic acids is 2. The zero-order valence-electron chi connectivity index (χ0n) is 15.3. The monoisotopic (exact) mass is 377 g/mol. The maximum Gasteiger partial charge on any atom is 0.227 e. The lowest BCUT2D eigenvalue weighted by Crippen LogP contribution is -2.42. The van der Waals surface area contributed by atoms with Gasteiger partial charge in [0, 0.05) is 42.2 Å². The predicted molar refractivity (Wildman–Crippen MR) is 104 cm³/mol. The van der Waals surface area contributed by atoms with E-state index in [9.17, 15) is 9.59 Å². The van der Waals surface area contributed by atoms with E-state index in [1.54, 1.807) is 13.0 Å². The molecule has 1 aromatic rings. The third kappa shape index (κ3) is 4.57. The van der Waals surface area contributed by atoms with Crippen LogP contribution in [-0.4, -0.2) is 28.8 Å². The van der Waals surface area contributed by atoms with Crippen LogP contribution in [0.1, 0.15) is 57.4 Å². The molecule has 0 radical (unpaired) electrons. The summed E-state index contributed by atoms with van der Waals surface area (Å²) in [7, 11) is 0. The van der Waals surface area contributed by atoms with Crippen molar-refractivity contribution in [2.75, 3.05) is 5.32 Å². The third-order valence-corrected chi connectivity index (χ3v) is 6.09. The molecule has 2 aliphatic carbocycles. The summed E-state index contributed by atoms with van der Waals surface area (Å²) in [5.41, 5.74) is 7.60. The van der Waals surface area contributed by atoms with E-state index in [1.807, 2.05) is 17.0 Å². The highest BCUT2D eigenvalue weighted by atomic mass is 35.5. The number of halogens is 1. The van der Waals surface area contributed by atoms with Crippen LogP contribution in [0, 0.1) is 5.92 Å². The average molecular weight is 378 g/mol. The van der Waals surface area contributed by atoms with Gasteiger partial charge in [-0.05, 0) is 62.3 Å². The van der Waals surface area contributed by atoms with Crippen LogP contribution in [0.25, 0.3) is 0 Å². The molecule has 0 unspecified atom stereocenters. The van der Waals surface area contributed by atoms with Crippen LogP contribution < -0.4 is 11.1 Å². The van der Waals surface area contributed by atoms with Gasteiger partial charge in [0.05, 0.1) is 0 Å². The Morgan fingerprint density at radius 2 is 1.88 bits per heavy atom. The van der Waals surface area contributed by atoms with Crippen LogP contribution in [0.4, 0.5) is 5.69 Å². The normalized spacial score (nSPS) is 23.2. The lowest BCUT2D eigenvalue weighted by atomic mass is 9.85. The molecule has 3 N–H and O–H groups in total. The fourth-order valence-corrected chi connectivity index (χ4v) is 3.96. The van der Waals surface area contributed by atoms with E-state index in [4.69, 9.17) is 17.3 Å². The van der Waals surface area contributed by atoms with Gasteiger partial charge in [-0.1, -0.05) is 18.0 Å². The lowest BCUT2D eigenvalue weighted by molar-refractivity contribution is -0.132. The first-order chi connectivity index (χ1) is 12.4. The molecule has 2 saturated carbocycles. The molecule has 2 aliphatic rings. The Labute approximate surface area is 160 Å². The predicted octanol–water partition coefficient (Wildman–Crippen LogP) is 3.70. The summed E-state index contributed by atoms with van der Waals surface area (Å²) in [6, 6.07) is 5.96. The fourth-order valence-electron chi connectivity index (χ4n) is 3.78. The van der Waals surface area contributed by atoms with Crippen LogP contribution in [0.15, 0.2) is 18.2 Å². The largest absolute Gasteiger partial charge is 0.336 e. The highest BCUT2D eigenvalue weighted by molar-refractivity contribution is 6.31. The number of hydrogen-bond acceptors (Lipinski definition) is 3. The Morgan fingerprint density at radius 1 is 1.19 bits per heavy atom. The molecule has 0 saturated heterocycles. The zero-order chi connectivity index (χ0) is 18.7. The van der Waals surface area contributed by atoms with Gasteiger partial charge in [-0.2, -0.15) is 0 Å². The van der Waals surface area contributed by atoms with E-state index in [-0.39, 0.29) is 29.8 Å². The smallest absolute Gasteiger partial charge is 0.227 e. The minimum Gasteiger partial charge on any atom is -0.336 e. The molecule has 0 bridgehead atoms. The lowest BCUT2D eigenvalue weighted by Gasteiger charge is -2.36. The van der Waals surface area contributed by atoms with Crippen LogP contribution in [0.2, 0.25) is 5.02 Å². The van der Waals surface area contributed by atoms with Crippen molar-refractivity contribution in [2.45, 2.75) is 70.5 Å². The molecular weight excluding hydrogens is 350 g/mol. The number of carbonyl (C=O) groups is 2. The second-order valence-corrected chi connectivity index (χ2v) is 8.05. The van der Waals surface area contributed by atoms with Crippen molar-refractivity contribution in [3.8, 4) is 0 Å². The third-order valence-electron chi connectivity index (χ3n) is 5.72. The molecule has 3 rings (SSSR count). The molecule has 0 spiro atoms. The van der Waals surface area contributed by atoms with Gasteiger partial charge < -0.3 is 16.0 Å². The number of amides is 2. The van der Waals surface area contributed by atoms with Crippen LogP contribution >= 0.6 is 11.6 Å². The summed E-state index contributed by atoms with van der Waals surface area (Å²) in [4.78, 5) is 26.3. The zero-order valence-corrected chi connectivity index (χ0v) is 16.1.